The Morgan fingerprint density at radius 1 is 0.577 bits per heavy atom. The van der Waals surface area contributed by atoms with Gasteiger partial charge in [0.2, 0.25) is 5.91 Å². The first-order valence-electron chi connectivity index (χ1n) is 26.0. The highest BCUT2D eigenvalue weighted by molar-refractivity contribution is 5.93. The van der Waals surface area contributed by atoms with E-state index < -0.39 is 23.9 Å². The van der Waals surface area contributed by atoms with Gasteiger partial charge in [-0.3, -0.25) is 38.7 Å². The average molecular weight is 1080 g/mol. The third-order valence-corrected chi connectivity index (χ3v) is 11.6. The van der Waals surface area contributed by atoms with Crippen molar-refractivity contribution in [1.82, 2.24) is 24.4 Å². The molecule has 0 aliphatic carbocycles. The molecule has 0 spiro atoms. The summed E-state index contributed by atoms with van der Waals surface area (Å²) < 4.78 is 28.8. The van der Waals surface area contributed by atoms with Gasteiger partial charge in [0, 0.05) is 105 Å². The van der Waals surface area contributed by atoms with Gasteiger partial charge in [0.25, 0.3) is 0 Å². The summed E-state index contributed by atoms with van der Waals surface area (Å²) in [6.07, 6.45) is 27.5. The Hall–Kier alpha value is -7.96. The third kappa shape index (κ3) is 27.2. The number of nitrogens with one attached hydrogen (secondary N) is 1. The van der Waals surface area contributed by atoms with E-state index in [0.717, 1.165) is 104 Å². The number of nitrogens with zero attached hydrogens (tertiary/aromatic N) is 4. The largest absolute Gasteiger partial charge is 0.508 e. The van der Waals surface area contributed by atoms with Crippen molar-refractivity contribution in [3.8, 4) is 11.5 Å². The van der Waals surface area contributed by atoms with Crippen LogP contribution in [-0.4, -0.2) is 112 Å². The van der Waals surface area contributed by atoms with E-state index in [2.05, 4.69) is 40.1 Å². The summed E-state index contributed by atoms with van der Waals surface area (Å²) in [6, 6.07) is 22.6. The molecule has 78 heavy (non-hydrogen) atoms. The summed E-state index contributed by atoms with van der Waals surface area (Å²) in [5.74, 6) is -1.59. The summed E-state index contributed by atoms with van der Waals surface area (Å²) in [7, 11) is 3.01. The highest BCUT2D eigenvalue weighted by atomic mass is 16.6. The molecule has 4 heterocycles. The molecule has 4 aromatic heterocycles. The number of unbranched alkanes of at least 4 members (excludes halogenated alkanes) is 7. The maximum absolute atomic E-state index is 12.1. The van der Waals surface area contributed by atoms with Crippen LogP contribution in [-0.2, 0) is 60.8 Å². The lowest BCUT2D eigenvalue weighted by Crippen LogP contribution is -2.21. The Morgan fingerprint density at radius 3 is 1.68 bits per heavy atom. The van der Waals surface area contributed by atoms with Crippen LogP contribution in [0.15, 0.2) is 122 Å². The van der Waals surface area contributed by atoms with E-state index in [1.54, 1.807) is 61.2 Å². The minimum atomic E-state index is -1.00. The Bertz CT molecular complexity index is 2770. The second kappa shape index (κ2) is 38.6. The molecule has 2 aromatic carbocycles. The van der Waals surface area contributed by atoms with E-state index in [4.69, 9.17) is 19.3 Å². The van der Waals surface area contributed by atoms with Gasteiger partial charge in [0.15, 0.2) is 5.78 Å². The number of hydrogen-bond acceptors (Lipinski definition) is 14. The molecular formula is C60H77N5O13. The van der Waals surface area contributed by atoms with Gasteiger partial charge in [-0.25, -0.2) is 0 Å². The van der Waals surface area contributed by atoms with Crippen LogP contribution in [0.3, 0.4) is 0 Å². The number of aliphatic carboxylic acids is 1. The number of benzene rings is 2. The zero-order valence-corrected chi connectivity index (χ0v) is 44.2. The molecule has 0 saturated carbocycles. The molecule has 18 heteroatoms. The van der Waals surface area contributed by atoms with E-state index in [-0.39, 0.29) is 58.0 Å². The predicted octanol–water partition coefficient (Wildman–Crippen LogP) is 10.3. The van der Waals surface area contributed by atoms with Crippen molar-refractivity contribution in [3.63, 3.8) is 0 Å². The fourth-order valence-corrected chi connectivity index (χ4v) is 7.57. The quantitative estimate of drug-likeness (QED) is 0.0154. The van der Waals surface area contributed by atoms with Crippen LogP contribution in [0, 0.1) is 0 Å². The number of ketones is 1. The molecule has 6 rings (SSSR count). The number of amides is 1. The standard InChI is InChI=1S/C30H36N2O6.C22H25N3O2.C7H12O5.CH4/c1-36-20-21-37-29(34)14-15-30(35)38-27-12-13-28-25(22-27)16-19-32(28)18-6-4-2-3-5-9-26(33)11-10-24-8-7-17-31-23-24;26-20-8-9-21-19(16-20)11-15-25(21)14-4-2-1-3-13-24-22(27)10-7-18-6-5-12-23-17-18;1-11-4-5-12-7(10)3-2-6(8)9;/h7-8,10-13,16-17,19,22-23H,2-6,9,14-15,18,20-21H2,1H3;5-12,15-17,26H,1-4,13-14H2,(H,24,27);2-5H2,1H3,(H,8,9);1H4/b11-10+;10-7+;;. The second-order valence-electron chi connectivity index (χ2n) is 17.7. The minimum absolute atomic E-state index is 0. The number of aryl methyl sites for hydroxylation is 2. The number of carbonyl (C=O) groups is 6. The molecular weight excluding hydrogens is 999 g/mol. The molecule has 0 radical (unpaired) electrons. The van der Waals surface area contributed by atoms with Crippen LogP contribution < -0.4 is 10.1 Å². The minimum Gasteiger partial charge on any atom is -0.508 e. The predicted molar refractivity (Wildman–Crippen MR) is 300 cm³/mol. The Labute approximate surface area is 457 Å². The van der Waals surface area contributed by atoms with Crippen LogP contribution in [0.1, 0.15) is 108 Å². The van der Waals surface area contributed by atoms with Gasteiger partial charge >= 0.3 is 23.9 Å². The number of aromatic nitrogens is 4. The van der Waals surface area contributed by atoms with E-state index >= 15 is 0 Å². The molecule has 0 atom stereocenters. The second-order valence-corrected chi connectivity index (χ2v) is 17.7. The molecule has 0 aliphatic heterocycles. The number of phenolic OH excluding ortho intramolecular Hbond substituents is 1. The smallest absolute Gasteiger partial charge is 0.311 e. The molecule has 6 aromatic rings. The van der Waals surface area contributed by atoms with E-state index in [9.17, 15) is 33.9 Å². The van der Waals surface area contributed by atoms with Crippen LogP contribution in [0.4, 0.5) is 0 Å². The zero-order chi connectivity index (χ0) is 55.3. The van der Waals surface area contributed by atoms with Crippen molar-refractivity contribution in [2.75, 3.05) is 47.2 Å². The highest BCUT2D eigenvalue weighted by Gasteiger charge is 2.12. The Morgan fingerprint density at radius 2 is 1.10 bits per heavy atom. The maximum atomic E-state index is 12.1. The SMILES string of the molecule is C.COCCOC(=O)CCC(=O)O.COCCOC(=O)CCC(=O)Oc1ccc2c(ccn2CCCCCCCC(=O)/C=C/c2cccnc2)c1.O=C(/C=C/c1cccnc1)NCCCCCCn1ccc2cc(O)ccc21. The number of esters is 3. The Balaban J connectivity index is 0.000000347. The molecule has 0 bridgehead atoms. The lowest BCUT2D eigenvalue weighted by Gasteiger charge is -2.08. The zero-order valence-electron chi connectivity index (χ0n) is 44.2. The number of carboxylic acid groups (broad SMARTS) is 1. The summed E-state index contributed by atoms with van der Waals surface area (Å²) in [4.78, 5) is 76.2. The molecule has 0 saturated heterocycles. The molecule has 0 fully saturated rings. The van der Waals surface area contributed by atoms with Crippen molar-refractivity contribution in [2.24, 2.45) is 0 Å². The number of hydrogen-bond donors (Lipinski definition) is 3. The van der Waals surface area contributed by atoms with Crippen LogP contribution >= 0.6 is 0 Å². The molecule has 420 valence electrons. The summed E-state index contributed by atoms with van der Waals surface area (Å²) >= 11 is 0. The van der Waals surface area contributed by atoms with Gasteiger partial charge in [-0.05, 0) is 116 Å². The topological polar surface area (TPSA) is 237 Å². The van der Waals surface area contributed by atoms with E-state index in [1.165, 1.54) is 14.2 Å². The number of aromatic hydroxyl groups is 1. The van der Waals surface area contributed by atoms with Gasteiger partial charge in [-0.2, -0.15) is 0 Å². The van der Waals surface area contributed by atoms with E-state index in [1.807, 2.05) is 66.9 Å². The third-order valence-electron chi connectivity index (χ3n) is 11.6. The first kappa shape index (κ1) is 64.3. The first-order valence-corrected chi connectivity index (χ1v) is 26.0. The number of carbonyl (C=O) groups excluding carboxylic acids is 5. The van der Waals surface area contributed by atoms with Crippen molar-refractivity contribution in [1.29, 1.82) is 0 Å². The van der Waals surface area contributed by atoms with Crippen molar-refractivity contribution >= 4 is 69.5 Å². The average Bonchev–Trinajstić information content (AvgIpc) is 4.05. The fraction of sp³-hybridized carbons (Fsp3) is 0.400. The number of allylic oxidation sites excluding steroid dienone is 1. The number of rotatable bonds is 32. The van der Waals surface area contributed by atoms with Crippen molar-refractivity contribution < 1.29 is 62.7 Å². The van der Waals surface area contributed by atoms with Gasteiger partial charge in [0.05, 0.1) is 38.9 Å². The van der Waals surface area contributed by atoms with Crippen LogP contribution in [0.5, 0.6) is 11.5 Å². The maximum Gasteiger partial charge on any atom is 0.311 e. The number of carboxylic acids is 1. The monoisotopic (exact) mass is 1080 g/mol. The first-order chi connectivity index (χ1) is 37.4. The molecule has 1 amide bonds. The lowest BCUT2D eigenvalue weighted by atomic mass is 10.1. The number of fused-ring (bicyclic) bond motifs is 2. The number of methoxy groups -OCH3 is 2. The number of phenols is 1. The van der Waals surface area contributed by atoms with E-state index in [0.29, 0.717) is 37.7 Å². The molecule has 18 nitrogen and oxygen atoms in total. The summed E-state index contributed by atoms with van der Waals surface area (Å²) in [5, 5.41) is 22.7. The normalized spacial score (nSPS) is 10.8. The highest BCUT2D eigenvalue weighted by Crippen LogP contribution is 2.24. The van der Waals surface area contributed by atoms with Crippen LogP contribution in [0.25, 0.3) is 34.0 Å². The summed E-state index contributed by atoms with van der Waals surface area (Å²) in [6.45, 7) is 3.57. The summed E-state index contributed by atoms with van der Waals surface area (Å²) in [5.41, 5.74) is 4.09. The van der Waals surface area contributed by atoms with Gasteiger partial charge in [-0.15, -0.1) is 0 Å². The number of ether oxygens (including phenoxy) is 5. The molecule has 0 unspecified atom stereocenters. The van der Waals surface area contributed by atoms with Crippen molar-refractivity contribution in [3.05, 3.63) is 133 Å². The lowest BCUT2D eigenvalue weighted by molar-refractivity contribution is -0.148. The Kier molecular flexibility index (Phi) is 31.8. The fourth-order valence-electron chi connectivity index (χ4n) is 7.57. The molecule has 0 aliphatic rings. The van der Waals surface area contributed by atoms with Gasteiger partial charge in [-0.1, -0.05) is 51.7 Å². The molecule has 3 N–H and O–H groups in total. The van der Waals surface area contributed by atoms with Crippen molar-refractivity contribution in [2.45, 2.75) is 110 Å². The van der Waals surface area contributed by atoms with Crippen LogP contribution in [0.2, 0.25) is 0 Å². The number of pyridine rings is 2. The van der Waals surface area contributed by atoms with Gasteiger partial charge < -0.3 is 48.3 Å². The van der Waals surface area contributed by atoms with Gasteiger partial charge in [0.1, 0.15) is 24.7 Å².